The number of ether oxygens (including phenoxy) is 1. The van der Waals surface area contributed by atoms with Crippen LogP contribution in [0.2, 0.25) is 0 Å². The van der Waals surface area contributed by atoms with Crippen molar-refractivity contribution in [3.05, 3.63) is 64.3 Å². The van der Waals surface area contributed by atoms with Gasteiger partial charge in [-0.2, -0.15) is 0 Å². The van der Waals surface area contributed by atoms with E-state index in [2.05, 4.69) is 58.8 Å². The molecule has 1 fully saturated rings. The van der Waals surface area contributed by atoms with Crippen molar-refractivity contribution in [2.75, 3.05) is 33.8 Å². The summed E-state index contributed by atoms with van der Waals surface area (Å²) in [7, 11) is 5.76. The predicted molar refractivity (Wildman–Crippen MR) is 134 cm³/mol. The van der Waals surface area contributed by atoms with E-state index in [9.17, 15) is 4.79 Å². The molecule has 6 nitrogen and oxygen atoms in total. The van der Waals surface area contributed by atoms with E-state index in [0.717, 1.165) is 46.7 Å². The van der Waals surface area contributed by atoms with E-state index >= 15 is 0 Å². The highest BCUT2D eigenvalue weighted by atomic mass is 32.1. The minimum Gasteiger partial charge on any atom is -0.371 e. The molecule has 1 aliphatic rings. The molecule has 5 rings (SSSR count). The molecule has 1 amide bonds. The van der Waals surface area contributed by atoms with E-state index in [-0.39, 0.29) is 12.0 Å². The Labute approximate surface area is 198 Å². The lowest BCUT2D eigenvalue weighted by molar-refractivity contribution is -0.0323. The third-order valence-corrected chi connectivity index (χ3v) is 7.76. The smallest absolute Gasteiger partial charge is 0.263 e. The van der Waals surface area contributed by atoms with E-state index in [1.807, 2.05) is 6.07 Å². The average molecular weight is 463 g/mol. The minimum atomic E-state index is -0.157. The van der Waals surface area contributed by atoms with E-state index in [4.69, 9.17) is 4.74 Å². The summed E-state index contributed by atoms with van der Waals surface area (Å²) in [6, 6.07) is 12.7. The van der Waals surface area contributed by atoms with Crippen LogP contribution >= 0.6 is 11.3 Å². The summed E-state index contributed by atoms with van der Waals surface area (Å²) < 4.78 is 8.61. The quantitative estimate of drug-likeness (QED) is 0.434. The maximum Gasteiger partial charge on any atom is 0.263 e. The zero-order valence-electron chi connectivity index (χ0n) is 19.7. The number of rotatable bonds is 5. The van der Waals surface area contributed by atoms with Crippen molar-refractivity contribution in [1.82, 2.24) is 19.4 Å². The molecule has 0 N–H and O–H groups in total. The second-order valence-corrected chi connectivity index (χ2v) is 9.85. The molecule has 0 aliphatic carbocycles. The fraction of sp³-hybridized carbons (Fsp3) is 0.385. The Morgan fingerprint density at radius 2 is 2.00 bits per heavy atom. The molecule has 1 saturated heterocycles. The molecule has 0 unspecified atom stereocenters. The number of thiophene rings is 1. The summed E-state index contributed by atoms with van der Waals surface area (Å²) in [6.07, 6.45) is 2.62. The molecule has 0 saturated carbocycles. The number of nitrogens with zero attached hydrogens (tertiary/aromatic N) is 4. The number of aryl methyl sites for hydroxylation is 1. The Hall–Kier alpha value is -2.74. The number of benzene rings is 1. The summed E-state index contributed by atoms with van der Waals surface area (Å²) in [6.45, 7) is 5.37. The highest BCUT2D eigenvalue weighted by Crippen LogP contribution is 2.38. The van der Waals surface area contributed by atoms with E-state index < -0.39 is 0 Å². The Morgan fingerprint density at radius 1 is 1.21 bits per heavy atom. The van der Waals surface area contributed by atoms with Crippen LogP contribution in [-0.4, -0.2) is 59.0 Å². The number of carbonyl (C=O) groups is 1. The van der Waals surface area contributed by atoms with Crippen LogP contribution in [0.25, 0.3) is 21.1 Å². The Bertz CT molecular complexity index is 1320. The fourth-order valence-corrected chi connectivity index (χ4v) is 6.24. The van der Waals surface area contributed by atoms with Crippen LogP contribution in [0.4, 0.5) is 0 Å². The average Bonchev–Trinajstić information content (AvgIpc) is 3.34. The molecule has 1 atom stereocenters. The standard InChI is InChI=1S/C26H30N4O2S/c1-5-20-19(17-9-6-7-11-21(17)29(20)4)15-30-13-14-32-22(16-30)23-18-10-8-12-27-25(18)33-24(23)26(31)28(2)3/h6-12,22H,5,13-16H2,1-4H3/t22-/m1/s1. The summed E-state index contributed by atoms with van der Waals surface area (Å²) in [4.78, 5) is 23.3. The lowest BCUT2D eigenvalue weighted by Gasteiger charge is -2.33. The summed E-state index contributed by atoms with van der Waals surface area (Å²) in [5.41, 5.74) is 5.05. The minimum absolute atomic E-state index is 0.0102. The molecule has 4 aromatic rings. The van der Waals surface area contributed by atoms with Crippen molar-refractivity contribution >= 4 is 38.4 Å². The van der Waals surface area contributed by atoms with Crippen molar-refractivity contribution in [3.8, 4) is 0 Å². The first-order valence-electron chi connectivity index (χ1n) is 11.5. The molecule has 0 radical (unpaired) electrons. The summed E-state index contributed by atoms with van der Waals surface area (Å²) in [5, 5.41) is 2.35. The van der Waals surface area contributed by atoms with Crippen LogP contribution in [0.5, 0.6) is 0 Å². The normalized spacial score (nSPS) is 17.2. The monoisotopic (exact) mass is 462 g/mol. The Kier molecular flexibility index (Phi) is 5.95. The number of carbonyl (C=O) groups excluding carboxylic acids is 1. The van der Waals surface area contributed by atoms with Crippen molar-refractivity contribution in [2.45, 2.75) is 26.0 Å². The number of hydrogen-bond acceptors (Lipinski definition) is 5. The Morgan fingerprint density at radius 3 is 2.79 bits per heavy atom. The van der Waals surface area contributed by atoms with Crippen LogP contribution in [0.1, 0.15) is 39.5 Å². The van der Waals surface area contributed by atoms with E-state index in [1.54, 1.807) is 25.2 Å². The molecular formula is C26H30N4O2S. The topological polar surface area (TPSA) is 50.6 Å². The molecular weight excluding hydrogens is 432 g/mol. The van der Waals surface area contributed by atoms with E-state index in [0.29, 0.717) is 6.61 Å². The lowest BCUT2D eigenvalue weighted by Crippen LogP contribution is -2.38. The number of amides is 1. The molecule has 0 spiro atoms. The fourth-order valence-electron chi connectivity index (χ4n) is 5.03. The van der Waals surface area contributed by atoms with Crippen LogP contribution in [0.15, 0.2) is 42.6 Å². The van der Waals surface area contributed by atoms with Gasteiger partial charge >= 0.3 is 0 Å². The van der Waals surface area contributed by atoms with Crippen LogP contribution in [-0.2, 0) is 24.8 Å². The SMILES string of the molecule is CCc1c(CN2CCO[C@@H](c3c(C(=O)N(C)C)sc4ncccc34)C2)c2ccccc2n1C. The number of para-hydroxylation sites is 1. The zero-order chi connectivity index (χ0) is 23.1. The summed E-state index contributed by atoms with van der Waals surface area (Å²) >= 11 is 1.47. The first-order chi connectivity index (χ1) is 16.0. The Balaban J connectivity index is 1.50. The highest BCUT2D eigenvalue weighted by Gasteiger charge is 2.31. The van der Waals surface area contributed by atoms with Gasteiger partial charge in [-0.15, -0.1) is 11.3 Å². The van der Waals surface area contributed by atoms with Gasteiger partial charge in [-0.05, 0) is 24.1 Å². The van der Waals surface area contributed by atoms with Gasteiger partial charge < -0.3 is 14.2 Å². The number of hydrogen-bond donors (Lipinski definition) is 0. The van der Waals surface area contributed by atoms with Crippen LogP contribution in [0, 0.1) is 0 Å². The van der Waals surface area contributed by atoms with Gasteiger partial charge in [-0.1, -0.05) is 31.2 Å². The number of aromatic nitrogens is 2. The third kappa shape index (κ3) is 3.84. The zero-order valence-corrected chi connectivity index (χ0v) is 20.5. The van der Waals surface area contributed by atoms with Gasteiger partial charge in [0.1, 0.15) is 9.71 Å². The molecule has 172 valence electrons. The highest BCUT2D eigenvalue weighted by molar-refractivity contribution is 7.20. The van der Waals surface area contributed by atoms with Crippen LogP contribution in [0.3, 0.4) is 0 Å². The maximum absolute atomic E-state index is 13.0. The number of morpholine rings is 1. The van der Waals surface area contributed by atoms with Gasteiger partial charge in [0.25, 0.3) is 5.91 Å². The van der Waals surface area contributed by atoms with Gasteiger partial charge in [-0.3, -0.25) is 9.69 Å². The van der Waals surface area contributed by atoms with Crippen molar-refractivity contribution in [3.63, 3.8) is 0 Å². The van der Waals surface area contributed by atoms with Crippen LogP contribution < -0.4 is 0 Å². The molecule has 3 aromatic heterocycles. The van der Waals surface area contributed by atoms with E-state index in [1.165, 1.54) is 33.5 Å². The number of pyridine rings is 1. The van der Waals surface area contributed by atoms with Crippen molar-refractivity contribution in [1.29, 1.82) is 0 Å². The van der Waals surface area contributed by atoms with Gasteiger partial charge in [0.2, 0.25) is 0 Å². The first kappa shape index (κ1) is 22.1. The van der Waals surface area contributed by atoms with Gasteiger partial charge in [0.15, 0.2) is 0 Å². The van der Waals surface area contributed by atoms with Gasteiger partial charge in [0, 0.05) is 74.5 Å². The molecule has 33 heavy (non-hydrogen) atoms. The van der Waals surface area contributed by atoms with Crippen molar-refractivity contribution < 1.29 is 9.53 Å². The number of fused-ring (bicyclic) bond motifs is 2. The maximum atomic E-state index is 13.0. The third-order valence-electron chi connectivity index (χ3n) is 6.64. The predicted octanol–water partition coefficient (Wildman–Crippen LogP) is 4.63. The molecule has 1 aromatic carbocycles. The van der Waals surface area contributed by atoms with Gasteiger partial charge in [0.05, 0.1) is 12.7 Å². The molecule has 4 heterocycles. The molecule has 7 heteroatoms. The second-order valence-electron chi connectivity index (χ2n) is 8.85. The lowest BCUT2D eigenvalue weighted by atomic mass is 10.0. The second kappa shape index (κ2) is 8.89. The van der Waals surface area contributed by atoms with Crippen molar-refractivity contribution in [2.24, 2.45) is 7.05 Å². The summed E-state index contributed by atoms with van der Waals surface area (Å²) in [5.74, 6) is 0.0102. The molecule has 1 aliphatic heterocycles. The molecule has 0 bridgehead atoms. The first-order valence-corrected chi connectivity index (χ1v) is 12.3. The van der Waals surface area contributed by atoms with Gasteiger partial charge in [-0.25, -0.2) is 4.98 Å². The largest absolute Gasteiger partial charge is 0.371 e.